The van der Waals surface area contributed by atoms with E-state index in [9.17, 15) is 4.79 Å². The van der Waals surface area contributed by atoms with Gasteiger partial charge in [-0.1, -0.05) is 19.9 Å². The summed E-state index contributed by atoms with van der Waals surface area (Å²) in [6.07, 6.45) is 2.46. The highest BCUT2D eigenvalue weighted by atomic mass is 32.1. The van der Waals surface area contributed by atoms with Crippen LogP contribution in [0.4, 0.5) is 0 Å². The summed E-state index contributed by atoms with van der Waals surface area (Å²) < 4.78 is 4.73. The molecule has 1 aromatic rings. The fourth-order valence-electron chi connectivity index (χ4n) is 1.33. The molecule has 0 unspecified atom stereocenters. The minimum atomic E-state index is -0.382. The lowest BCUT2D eigenvalue weighted by Gasteiger charge is -2.11. The van der Waals surface area contributed by atoms with Gasteiger partial charge in [0.25, 0.3) is 0 Å². The highest BCUT2D eigenvalue weighted by molar-refractivity contribution is 7.11. The fraction of sp³-hybridized carbons (Fsp3) is 0.500. The molecule has 0 N–H and O–H groups in total. The van der Waals surface area contributed by atoms with E-state index in [0.717, 1.165) is 4.88 Å². The zero-order valence-corrected chi connectivity index (χ0v) is 10.7. The molecule has 1 rings (SSSR count). The number of ether oxygens (including phenoxy) is 1. The number of thiophene rings is 1. The SMILES string of the molecule is COC(=O)[C@H](CC(C)C)N=Cc1cccs1. The maximum absolute atomic E-state index is 11.5. The quantitative estimate of drug-likeness (QED) is 0.585. The molecule has 0 saturated heterocycles. The molecule has 1 atom stereocenters. The topological polar surface area (TPSA) is 38.7 Å². The number of hydrogen-bond acceptors (Lipinski definition) is 4. The Labute approximate surface area is 100 Å². The first-order valence-corrected chi connectivity index (χ1v) is 6.16. The third-order valence-corrected chi connectivity index (χ3v) is 2.90. The van der Waals surface area contributed by atoms with Crippen molar-refractivity contribution in [3.63, 3.8) is 0 Å². The smallest absolute Gasteiger partial charge is 0.330 e. The van der Waals surface area contributed by atoms with Crippen molar-refractivity contribution >= 4 is 23.5 Å². The van der Waals surface area contributed by atoms with Crippen LogP contribution < -0.4 is 0 Å². The number of methoxy groups -OCH3 is 1. The van der Waals surface area contributed by atoms with Gasteiger partial charge in [-0.3, -0.25) is 4.99 Å². The summed E-state index contributed by atoms with van der Waals surface area (Å²) in [7, 11) is 1.40. The average Bonchev–Trinajstić information content (AvgIpc) is 2.75. The zero-order chi connectivity index (χ0) is 12.0. The predicted octanol–water partition coefficient (Wildman–Crippen LogP) is 2.75. The maximum Gasteiger partial charge on any atom is 0.330 e. The highest BCUT2D eigenvalue weighted by Crippen LogP contribution is 2.11. The van der Waals surface area contributed by atoms with E-state index in [0.29, 0.717) is 12.3 Å². The van der Waals surface area contributed by atoms with Gasteiger partial charge in [0.1, 0.15) is 6.04 Å². The number of rotatable bonds is 5. The van der Waals surface area contributed by atoms with Crippen LogP contribution in [0.1, 0.15) is 25.1 Å². The Balaban J connectivity index is 2.66. The summed E-state index contributed by atoms with van der Waals surface area (Å²) in [6, 6.07) is 3.55. The molecule has 0 radical (unpaired) electrons. The summed E-state index contributed by atoms with van der Waals surface area (Å²) >= 11 is 1.60. The standard InChI is InChI=1S/C12H17NO2S/c1-9(2)7-11(12(14)15-3)13-8-10-5-4-6-16-10/h4-6,8-9,11H,7H2,1-3H3/t11-/m0/s1. The van der Waals surface area contributed by atoms with E-state index >= 15 is 0 Å². The molecule has 1 aromatic heterocycles. The van der Waals surface area contributed by atoms with Crippen LogP contribution in [-0.2, 0) is 9.53 Å². The second kappa shape index (κ2) is 6.43. The van der Waals surface area contributed by atoms with E-state index < -0.39 is 0 Å². The number of hydrogen-bond donors (Lipinski definition) is 0. The van der Waals surface area contributed by atoms with E-state index in [2.05, 4.69) is 18.8 Å². The Bertz CT molecular complexity index is 344. The molecule has 16 heavy (non-hydrogen) atoms. The second-order valence-corrected chi connectivity index (χ2v) is 4.94. The van der Waals surface area contributed by atoms with Gasteiger partial charge in [0.2, 0.25) is 0 Å². The van der Waals surface area contributed by atoms with Crippen LogP contribution in [0.2, 0.25) is 0 Å². The number of carbonyl (C=O) groups excluding carboxylic acids is 1. The molecular weight excluding hydrogens is 222 g/mol. The van der Waals surface area contributed by atoms with Gasteiger partial charge in [-0.15, -0.1) is 11.3 Å². The molecule has 0 fully saturated rings. The third-order valence-electron chi connectivity index (χ3n) is 2.09. The number of aliphatic imine (C=N–C) groups is 1. The van der Waals surface area contributed by atoms with Crippen molar-refractivity contribution < 1.29 is 9.53 Å². The van der Waals surface area contributed by atoms with Crippen molar-refractivity contribution in [1.29, 1.82) is 0 Å². The lowest BCUT2D eigenvalue weighted by atomic mass is 10.0. The first-order chi connectivity index (χ1) is 7.63. The Hall–Kier alpha value is -1.16. The van der Waals surface area contributed by atoms with E-state index in [1.54, 1.807) is 17.6 Å². The minimum Gasteiger partial charge on any atom is -0.467 e. The fourth-order valence-corrected chi connectivity index (χ4v) is 1.92. The van der Waals surface area contributed by atoms with Gasteiger partial charge in [-0.25, -0.2) is 4.79 Å². The van der Waals surface area contributed by atoms with E-state index in [-0.39, 0.29) is 12.0 Å². The summed E-state index contributed by atoms with van der Waals surface area (Å²) in [5.74, 6) is 0.158. The number of carbonyl (C=O) groups is 1. The van der Waals surface area contributed by atoms with Crippen LogP contribution in [0.15, 0.2) is 22.5 Å². The van der Waals surface area contributed by atoms with Crippen LogP contribution in [0, 0.1) is 5.92 Å². The van der Waals surface area contributed by atoms with Crippen molar-refractivity contribution in [3.05, 3.63) is 22.4 Å². The predicted molar refractivity (Wildman–Crippen MR) is 67.2 cm³/mol. The zero-order valence-electron chi connectivity index (χ0n) is 9.84. The molecule has 0 aromatic carbocycles. The first-order valence-electron chi connectivity index (χ1n) is 5.28. The van der Waals surface area contributed by atoms with Gasteiger partial charge in [-0.2, -0.15) is 0 Å². The lowest BCUT2D eigenvalue weighted by molar-refractivity contribution is -0.142. The molecule has 0 spiro atoms. The van der Waals surface area contributed by atoms with Crippen LogP contribution in [0.3, 0.4) is 0 Å². The largest absolute Gasteiger partial charge is 0.467 e. The normalized spacial score (nSPS) is 13.2. The van der Waals surface area contributed by atoms with Crippen molar-refractivity contribution in [3.8, 4) is 0 Å². The molecule has 88 valence electrons. The summed E-state index contributed by atoms with van der Waals surface area (Å²) in [6.45, 7) is 4.13. The molecule has 0 saturated carbocycles. The minimum absolute atomic E-state index is 0.262. The van der Waals surface area contributed by atoms with E-state index in [4.69, 9.17) is 4.74 Å². The van der Waals surface area contributed by atoms with Crippen LogP contribution in [-0.4, -0.2) is 25.3 Å². The number of esters is 1. The van der Waals surface area contributed by atoms with Crippen LogP contribution in [0.25, 0.3) is 0 Å². The van der Waals surface area contributed by atoms with Crippen molar-refractivity contribution in [2.45, 2.75) is 26.3 Å². The van der Waals surface area contributed by atoms with Crippen LogP contribution >= 0.6 is 11.3 Å². The van der Waals surface area contributed by atoms with Gasteiger partial charge in [0.05, 0.1) is 7.11 Å². The Kier molecular flexibility index (Phi) is 5.19. The van der Waals surface area contributed by atoms with Crippen molar-refractivity contribution in [2.24, 2.45) is 10.9 Å². The second-order valence-electron chi connectivity index (χ2n) is 3.96. The average molecular weight is 239 g/mol. The molecule has 4 heteroatoms. The lowest BCUT2D eigenvalue weighted by Crippen LogP contribution is -2.22. The Morgan fingerprint density at radius 2 is 2.38 bits per heavy atom. The summed E-state index contributed by atoms with van der Waals surface area (Å²) in [5, 5.41) is 1.98. The maximum atomic E-state index is 11.5. The molecule has 1 heterocycles. The van der Waals surface area contributed by atoms with Gasteiger partial charge in [0.15, 0.2) is 0 Å². The molecule has 0 bridgehead atoms. The third kappa shape index (κ3) is 4.14. The summed E-state index contributed by atoms with van der Waals surface area (Å²) in [4.78, 5) is 16.8. The molecule has 3 nitrogen and oxygen atoms in total. The highest BCUT2D eigenvalue weighted by Gasteiger charge is 2.18. The Morgan fingerprint density at radius 1 is 1.62 bits per heavy atom. The molecule has 0 aliphatic carbocycles. The van der Waals surface area contributed by atoms with E-state index in [1.807, 2.05) is 17.5 Å². The van der Waals surface area contributed by atoms with Gasteiger partial charge in [-0.05, 0) is 23.8 Å². The first kappa shape index (κ1) is 12.9. The van der Waals surface area contributed by atoms with E-state index in [1.165, 1.54) is 7.11 Å². The van der Waals surface area contributed by atoms with Gasteiger partial charge in [0, 0.05) is 11.1 Å². The molecular formula is C12H17NO2S. The summed E-state index contributed by atoms with van der Waals surface area (Å²) in [5.41, 5.74) is 0. The van der Waals surface area contributed by atoms with Gasteiger partial charge >= 0.3 is 5.97 Å². The van der Waals surface area contributed by atoms with Crippen molar-refractivity contribution in [1.82, 2.24) is 0 Å². The number of nitrogens with zero attached hydrogens (tertiary/aromatic N) is 1. The van der Waals surface area contributed by atoms with Crippen LogP contribution in [0.5, 0.6) is 0 Å². The molecule has 0 aliphatic heterocycles. The molecule has 0 aliphatic rings. The van der Waals surface area contributed by atoms with Gasteiger partial charge < -0.3 is 4.74 Å². The van der Waals surface area contributed by atoms with Crippen molar-refractivity contribution in [2.75, 3.05) is 7.11 Å². The molecule has 0 amide bonds. The monoisotopic (exact) mass is 239 g/mol. The Morgan fingerprint density at radius 3 is 2.88 bits per heavy atom.